The van der Waals surface area contributed by atoms with Gasteiger partial charge in [-0.3, -0.25) is 4.98 Å². The van der Waals surface area contributed by atoms with Gasteiger partial charge in [0.05, 0.1) is 6.42 Å². The molecule has 0 atom stereocenters. The second-order valence-electron chi connectivity index (χ2n) is 2.81. The lowest BCUT2D eigenvalue weighted by Crippen LogP contribution is -1.87. The van der Waals surface area contributed by atoms with Crippen molar-refractivity contribution >= 4 is 6.29 Å². The second-order valence-corrected chi connectivity index (χ2v) is 2.81. The van der Waals surface area contributed by atoms with E-state index in [-0.39, 0.29) is 0 Å². The van der Waals surface area contributed by atoms with E-state index >= 15 is 0 Å². The lowest BCUT2D eigenvalue weighted by Gasteiger charge is -1.96. The Balaban J connectivity index is 2.90. The summed E-state index contributed by atoms with van der Waals surface area (Å²) in [5, 5.41) is 0. The van der Waals surface area contributed by atoms with Crippen LogP contribution in [-0.4, -0.2) is 11.3 Å². The Labute approximate surface area is 78.0 Å². The van der Waals surface area contributed by atoms with Crippen LogP contribution < -0.4 is 0 Å². The van der Waals surface area contributed by atoms with E-state index in [1.807, 2.05) is 26.0 Å². The van der Waals surface area contributed by atoms with Gasteiger partial charge in [0.2, 0.25) is 0 Å². The maximum Gasteiger partial charge on any atom is 0.131 e. The van der Waals surface area contributed by atoms with Crippen LogP contribution in [0.3, 0.4) is 0 Å². The van der Waals surface area contributed by atoms with Crippen LogP contribution in [0.5, 0.6) is 0 Å². The van der Waals surface area contributed by atoms with Gasteiger partial charge in [-0.2, -0.15) is 0 Å². The zero-order valence-corrected chi connectivity index (χ0v) is 7.79. The van der Waals surface area contributed by atoms with E-state index in [2.05, 4.69) is 16.8 Å². The van der Waals surface area contributed by atoms with Crippen molar-refractivity contribution in [1.82, 2.24) is 4.98 Å². The summed E-state index contributed by atoms with van der Waals surface area (Å²) in [4.78, 5) is 14.2. The minimum Gasteiger partial charge on any atom is -0.302 e. The molecule has 0 amide bonds. The summed E-state index contributed by atoms with van der Waals surface area (Å²) in [6.45, 7) is 3.86. The first-order valence-corrected chi connectivity index (χ1v) is 4.10. The zero-order valence-electron chi connectivity index (χ0n) is 7.79. The summed E-state index contributed by atoms with van der Waals surface area (Å²) >= 11 is 0. The molecule has 0 N–H and O–H groups in total. The summed E-state index contributed by atoms with van der Waals surface area (Å²) in [6.07, 6.45) is 1.09. The van der Waals surface area contributed by atoms with E-state index in [1.54, 1.807) is 0 Å². The highest BCUT2D eigenvalue weighted by Gasteiger charge is 1.92. The highest BCUT2D eigenvalue weighted by molar-refractivity contribution is 5.55. The fourth-order valence-corrected chi connectivity index (χ4v) is 1.10. The molecule has 66 valence electrons. The van der Waals surface area contributed by atoms with Gasteiger partial charge in [0.1, 0.15) is 6.29 Å². The molecule has 1 rings (SSSR count). The van der Waals surface area contributed by atoms with E-state index in [0.717, 1.165) is 23.2 Å². The van der Waals surface area contributed by atoms with Crippen molar-refractivity contribution in [2.45, 2.75) is 20.3 Å². The largest absolute Gasteiger partial charge is 0.302 e. The molecule has 0 aliphatic heterocycles. The average Bonchev–Trinajstić information content (AvgIpc) is 2.03. The number of aromatic nitrogens is 1. The first kappa shape index (κ1) is 9.47. The molecular weight excluding hydrogens is 162 g/mol. The van der Waals surface area contributed by atoms with Crippen molar-refractivity contribution in [3.05, 3.63) is 29.1 Å². The van der Waals surface area contributed by atoms with E-state index in [0.29, 0.717) is 6.42 Å². The minimum absolute atomic E-state index is 0.292. The van der Waals surface area contributed by atoms with Gasteiger partial charge >= 0.3 is 0 Å². The SMILES string of the molecule is Cc1cc(C#CCC=O)cc(C)n1. The van der Waals surface area contributed by atoms with Crippen molar-refractivity contribution in [1.29, 1.82) is 0 Å². The Kier molecular flexibility index (Phi) is 3.22. The fourth-order valence-electron chi connectivity index (χ4n) is 1.10. The Morgan fingerprint density at radius 1 is 1.38 bits per heavy atom. The Bertz CT molecular complexity index is 351. The van der Waals surface area contributed by atoms with Crippen LogP contribution in [0.25, 0.3) is 0 Å². The summed E-state index contributed by atoms with van der Waals surface area (Å²) in [7, 11) is 0. The summed E-state index contributed by atoms with van der Waals surface area (Å²) in [5.74, 6) is 5.67. The molecule has 1 heterocycles. The highest BCUT2D eigenvalue weighted by atomic mass is 16.1. The number of pyridine rings is 1. The van der Waals surface area contributed by atoms with Crippen LogP contribution in [-0.2, 0) is 4.79 Å². The Morgan fingerprint density at radius 3 is 2.54 bits per heavy atom. The van der Waals surface area contributed by atoms with Crippen molar-refractivity contribution < 1.29 is 4.79 Å². The second kappa shape index (κ2) is 4.42. The molecule has 0 aromatic carbocycles. The molecule has 0 fully saturated rings. The monoisotopic (exact) mass is 173 g/mol. The molecule has 0 saturated heterocycles. The van der Waals surface area contributed by atoms with Gasteiger partial charge in [-0.1, -0.05) is 11.8 Å². The normalized spacial score (nSPS) is 8.77. The van der Waals surface area contributed by atoms with E-state index < -0.39 is 0 Å². The molecule has 2 heteroatoms. The van der Waals surface area contributed by atoms with Gasteiger partial charge in [-0.05, 0) is 26.0 Å². The topological polar surface area (TPSA) is 30.0 Å². The number of hydrogen-bond donors (Lipinski definition) is 0. The zero-order chi connectivity index (χ0) is 9.68. The number of nitrogens with zero attached hydrogens (tertiary/aromatic N) is 1. The molecule has 0 bridgehead atoms. The van der Waals surface area contributed by atoms with Crippen LogP contribution in [0.1, 0.15) is 23.4 Å². The molecule has 2 nitrogen and oxygen atoms in total. The molecule has 0 spiro atoms. The molecule has 0 radical (unpaired) electrons. The maximum absolute atomic E-state index is 10.0. The number of hydrogen-bond acceptors (Lipinski definition) is 2. The fraction of sp³-hybridized carbons (Fsp3) is 0.273. The maximum atomic E-state index is 10.0. The van der Waals surface area contributed by atoms with Gasteiger partial charge in [0, 0.05) is 17.0 Å². The van der Waals surface area contributed by atoms with Crippen molar-refractivity contribution in [2.75, 3.05) is 0 Å². The first-order chi connectivity index (χ1) is 6.22. The minimum atomic E-state index is 0.292. The third-order valence-corrected chi connectivity index (χ3v) is 1.50. The Morgan fingerprint density at radius 2 is 2.00 bits per heavy atom. The van der Waals surface area contributed by atoms with Crippen molar-refractivity contribution in [3.8, 4) is 11.8 Å². The van der Waals surface area contributed by atoms with Gasteiger partial charge in [0.25, 0.3) is 0 Å². The molecule has 0 saturated carbocycles. The third kappa shape index (κ3) is 3.08. The predicted molar refractivity (Wildman–Crippen MR) is 51.3 cm³/mol. The number of rotatable bonds is 1. The summed E-state index contributed by atoms with van der Waals surface area (Å²) in [5.41, 5.74) is 2.83. The molecule has 0 unspecified atom stereocenters. The molecule has 0 aliphatic rings. The molecule has 1 aromatic heterocycles. The first-order valence-electron chi connectivity index (χ1n) is 4.10. The lowest BCUT2D eigenvalue weighted by atomic mass is 10.2. The number of carbonyl (C=O) groups is 1. The van der Waals surface area contributed by atoms with E-state index in [9.17, 15) is 4.79 Å². The van der Waals surface area contributed by atoms with Crippen LogP contribution in [0.2, 0.25) is 0 Å². The van der Waals surface area contributed by atoms with Crippen LogP contribution in [0.15, 0.2) is 12.1 Å². The van der Waals surface area contributed by atoms with Crippen LogP contribution >= 0.6 is 0 Å². The predicted octanol–water partition coefficient (Wildman–Crippen LogP) is 1.64. The van der Waals surface area contributed by atoms with Crippen molar-refractivity contribution in [2.24, 2.45) is 0 Å². The smallest absolute Gasteiger partial charge is 0.131 e. The van der Waals surface area contributed by atoms with Crippen LogP contribution in [0, 0.1) is 25.7 Å². The third-order valence-electron chi connectivity index (χ3n) is 1.50. The van der Waals surface area contributed by atoms with Crippen LogP contribution in [0.4, 0.5) is 0 Å². The molecule has 0 aliphatic carbocycles. The lowest BCUT2D eigenvalue weighted by molar-refractivity contribution is -0.107. The molecular formula is C11H11NO. The number of carbonyl (C=O) groups excluding carboxylic acids is 1. The summed E-state index contributed by atoms with van der Waals surface area (Å²) in [6, 6.07) is 3.82. The van der Waals surface area contributed by atoms with Gasteiger partial charge in [-0.25, -0.2) is 0 Å². The Hall–Kier alpha value is -1.62. The van der Waals surface area contributed by atoms with Gasteiger partial charge < -0.3 is 4.79 Å². The quantitative estimate of drug-likeness (QED) is 0.477. The summed E-state index contributed by atoms with van der Waals surface area (Å²) < 4.78 is 0. The van der Waals surface area contributed by atoms with E-state index in [4.69, 9.17) is 0 Å². The number of aryl methyl sites for hydroxylation is 2. The molecule has 13 heavy (non-hydrogen) atoms. The van der Waals surface area contributed by atoms with Gasteiger partial charge in [-0.15, -0.1) is 0 Å². The standard InChI is InChI=1S/C11H11NO/c1-9-7-11(5-3-4-6-13)8-10(2)12-9/h6-8H,4H2,1-2H3. The number of aldehydes is 1. The van der Waals surface area contributed by atoms with Gasteiger partial charge in [0.15, 0.2) is 0 Å². The highest BCUT2D eigenvalue weighted by Crippen LogP contribution is 2.02. The van der Waals surface area contributed by atoms with E-state index in [1.165, 1.54) is 0 Å². The molecule has 1 aromatic rings. The van der Waals surface area contributed by atoms with Crippen molar-refractivity contribution in [3.63, 3.8) is 0 Å². The average molecular weight is 173 g/mol.